The van der Waals surface area contributed by atoms with E-state index in [9.17, 15) is 13.5 Å². The number of aromatic nitrogens is 1. The first-order valence-corrected chi connectivity index (χ1v) is 18.3. The molecule has 0 radical (unpaired) electrons. The van der Waals surface area contributed by atoms with Gasteiger partial charge in [-0.3, -0.25) is 0 Å². The van der Waals surface area contributed by atoms with Crippen molar-refractivity contribution in [1.29, 1.82) is 0 Å². The molecule has 5 rings (SSSR count). The maximum Gasteiger partial charge on any atom is 0.179 e. The van der Waals surface area contributed by atoms with E-state index < -0.39 is 27.3 Å². The molecule has 0 saturated carbocycles. The molecule has 1 aromatic heterocycles. The van der Waals surface area contributed by atoms with Gasteiger partial charge >= 0.3 is 0 Å². The highest BCUT2D eigenvalue weighted by molar-refractivity contribution is 7.91. The maximum absolute atomic E-state index is 14.1. The fourth-order valence-corrected chi connectivity index (χ4v) is 9.01. The summed E-state index contributed by atoms with van der Waals surface area (Å²) in [6.07, 6.45) is 8.28. The summed E-state index contributed by atoms with van der Waals surface area (Å²) in [6, 6.07) is 28.0. The predicted octanol–water partition coefficient (Wildman–Crippen LogP) is 7.31. The molecule has 3 aromatic carbocycles. The number of anilines is 1. The van der Waals surface area contributed by atoms with Crippen LogP contribution in [0.3, 0.4) is 0 Å². The predicted molar refractivity (Wildman–Crippen MR) is 185 cm³/mol. The smallest absolute Gasteiger partial charge is 0.179 e. The van der Waals surface area contributed by atoms with Crippen molar-refractivity contribution < 1.29 is 22.8 Å². The van der Waals surface area contributed by atoms with Gasteiger partial charge in [0, 0.05) is 48.8 Å². The summed E-state index contributed by atoms with van der Waals surface area (Å²) in [4.78, 5) is 2.32. The molecule has 2 unspecified atom stereocenters. The third-order valence-electron chi connectivity index (χ3n) is 9.47. The van der Waals surface area contributed by atoms with Gasteiger partial charge in [0.15, 0.2) is 28.8 Å². The monoisotopic (exact) mass is 641 g/mol. The van der Waals surface area contributed by atoms with Crippen LogP contribution in [-0.4, -0.2) is 39.5 Å². The summed E-state index contributed by atoms with van der Waals surface area (Å²) in [5.41, 5.74) is 4.06. The molecule has 0 fully saturated rings. The molecule has 244 valence electrons. The van der Waals surface area contributed by atoms with Crippen molar-refractivity contribution >= 4 is 15.5 Å². The molecule has 1 aliphatic heterocycles. The minimum Gasteiger partial charge on any atom is -0.489 e. The third-order valence-corrected chi connectivity index (χ3v) is 11.5. The van der Waals surface area contributed by atoms with Crippen molar-refractivity contribution in [2.24, 2.45) is 5.41 Å². The Bertz CT molecular complexity index is 1660. The molecule has 1 N–H and O–H groups in total. The van der Waals surface area contributed by atoms with Crippen molar-refractivity contribution in [3.8, 4) is 5.75 Å². The van der Waals surface area contributed by atoms with Crippen molar-refractivity contribution in [3.63, 3.8) is 0 Å². The first-order valence-electron chi connectivity index (χ1n) is 16.6. The lowest BCUT2D eigenvalue weighted by molar-refractivity contribution is -0.688. The number of fused-ring (bicyclic) bond motifs is 1. The number of hydrogen-bond donors (Lipinski definition) is 1. The lowest BCUT2D eigenvalue weighted by Crippen LogP contribution is -2.43. The Balaban J connectivity index is 1.43. The van der Waals surface area contributed by atoms with E-state index in [0.29, 0.717) is 29.9 Å². The summed E-state index contributed by atoms with van der Waals surface area (Å²) in [5.74, 6) is 0.217. The zero-order chi connectivity index (χ0) is 32.7. The second-order valence-electron chi connectivity index (χ2n) is 13.1. The fraction of sp³-hybridized carbons (Fsp3) is 0.410. The van der Waals surface area contributed by atoms with E-state index in [0.717, 1.165) is 54.8 Å². The molecule has 46 heavy (non-hydrogen) atoms. The van der Waals surface area contributed by atoms with E-state index >= 15 is 0 Å². The standard InChI is InChI=1S/C39H49N2O4S/c1-5-7-22-39(23-8-6-2)29-46(43,44)36-21-18-33(40(3)4)26-35(36)37(38(39)42)32-16-19-34(20-17-32)45-28-31-14-12-30(13-15-31)27-41-24-10-9-11-25-41/h9-21,24-26,37-38,42H,5-8,22-23,27-29H2,1-4H3/q+1. The summed E-state index contributed by atoms with van der Waals surface area (Å²) in [5, 5.41) is 12.4. The average molecular weight is 642 g/mol. The van der Waals surface area contributed by atoms with Crippen molar-refractivity contribution in [2.45, 2.75) is 82.4 Å². The van der Waals surface area contributed by atoms with E-state index in [1.165, 1.54) is 5.56 Å². The Morgan fingerprint density at radius 2 is 1.50 bits per heavy atom. The number of benzene rings is 3. The number of rotatable bonds is 13. The molecule has 2 atom stereocenters. The largest absolute Gasteiger partial charge is 0.489 e. The molecule has 0 aliphatic carbocycles. The van der Waals surface area contributed by atoms with Gasteiger partial charge in [0.2, 0.25) is 0 Å². The van der Waals surface area contributed by atoms with Crippen molar-refractivity contribution in [3.05, 3.63) is 120 Å². The second kappa shape index (κ2) is 14.8. The number of ether oxygens (including phenoxy) is 1. The molecule has 0 saturated heterocycles. The van der Waals surface area contributed by atoms with Crippen molar-refractivity contribution in [1.82, 2.24) is 0 Å². The van der Waals surface area contributed by atoms with Gasteiger partial charge < -0.3 is 14.7 Å². The number of hydrogen-bond acceptors (Lipinski definition) is 5. The third kappa shape index (κ3) is 7.64. The highest BCUT2D eigenvalue weighted by Crippen LogP contribution is 2.50. The molecule has 0 bridgehead atoms. The van der Waals surface area contributed by atoms with Gasteiger partial charge in [-0.25, -0.2) is 13.0 Å². The van der Waals surface area contributed by atoms with Crippen LogP contribution in [0.4, 0.5) is 5.69 Å². The summed E-state index contributed by atoms with van der Waals surface area (Å²) in [7, 11) is 0.267. The quantitative estimate of drug-likeness (QED) is 0.155. The first-order chi connectivity index (χ1) is 22.2. The molecule has 6 nitrogen and oxygen atoms in total. The van der Waals surface area contributed by atoms with E-state index in [1.54, 1.807) is 6.07 Å². The molecule has 0 spiro atoms. The van der Waals surface area contributed by atoms with Gasteiger partial charge in [-0.1, -0.05) is 82.0 Å². The van der Waals surface area contributed by atoms with Crippen LogP contribution in [0.1, 0.15) is 80.5 Å². The van der Waals surface area contributed by atoms with Crippen LogP contribution in [0.15, 0.2) is 102 Å². The molecule has 7 heteroatoms. The zero-order valence-electron chi connectivity index (χ0n) is 27.7. The lowest BCUT2D eigenvalue weighted by atomic mass is 9.68. The Morgan fingerprint density at radius 1 is 0.870 bits per heavy atom. The van der Waals surface area contributed by atoms with E-state index in [4.69, 9.17) is 4.74 Å². The van der Waals surface area contributed by atoms with Crippen LogP contribution in [0, 0.1) is 5.41 Å². The Hall–Kier alpha value is -3.68. The van der Waals surface area contributed by atoms with Gasteiger partial charge in [-0.2, -0.15) is 0 Å². The van der Waals surface area contributed by atoms with Gasteiger partial charge in [-0.05, 0) is 59.9 Å². The minimum absolute atomic E-state index is 0.0317. The maximum atomic E-state index is 14.1. The number of aliphatic hydroxyl groups is 1. The number of pyridine rings is 1. The highest BCUT2D eigenvalue weighted by atomic mass is 32.2. The molecular weight excluding hydrogens is 593 g/mol. The number of aliphatic hydroxyl groups excluding tert-OH is 1. The van der Waals surface area contributed by atoms with E-state index in [1.807, 2.05) is 73.6 Å². The molecular formula is C39H49N2O4S+. The van der Waals surface area contributed by atoms with Crippen LogP contribution in [0.25, 0.3) is 0 Å². The second-order valence-corrected chi connectivity index (χ2v) is 15.0. The van der Waals surface area contributed by atoms with Crippen LogP contribution >= 0.6 is 0 Å². The summed E-state index contributed by atoms with van der Waals surface area (Å²) in [6.45, 7) is 5.50. The SMILES string of the molecule is CCCCC1(CCCC)CS(=O)(=O)c2ccc(N(C)C)cc2C(c2ccc(OCc3ccc(C[n+]4ccccc4)cc3)cc2)C1O. The topological polar surface area (TPSA) is 70.7 Å². The van der Waals surface area contributed by atoms with E-state index in [-0.39, 0.29) is 5.75 Å². The molecule has 1 aliphatic rings. The highest BCUT2D eigenvalue weighted by Gasteiger charge is 2.49. The summed E-state index contributed by atoms with van der Waals surface area (Å²) < 4.78 is 36.5. The van der Waals surface area contributed by atoms with E-state index in [2.05, 4.69) is 55.1 Å². The normalized spacial score (nSPS) is 18.4. The molecule has 2 heterocycles. The van der Waals surface area contributed by atoms with Gasteiger partial charge in [0.25, 0.3) is 0 Å². The van der Waals surface area contributed by atoms with Crippen LogP contribution < -0.4 is 14.2 Å². The fourth-order valence-electron chi connectivity index (χ4n) is 6.82. The Labute approximate surface area is 275 Å². The molecule has 0 amide bonds. The van der Waals surface area contributed by atoms with Crippen LogP contribution in [0.5, 0.6) is 5.75 Å². The number of unbranched alkanes of at least 4 members (excludes halogenated alkanes) is 2. The molecule has 4 aromatic rings. The Kier molecular flexibility index (Phi) is 10.9. The van der Waals surface area contributed by atoms with Gasteiger partial charge in [-0.15, -0.1) is 0 Å². The van der Waals surface area contributed by atoms with Crippen LogP contribution in [-0.2, 0) is 23.0 Å². The first kappa shape index (κ1) is 33.7. The lowest BCUT2D eigenvalue weighted by Gasteiger charge is -2.40. The number of sulfone groups is 1. The van der Waals surface area contributed by atoms with Crippen molar-refractivity contribution in [2.75, 3.05) is 24.7 Å². The van der Waals surface area contributed by atoms with Gasteiger partial charge in [0.05, 0.1) is 16.8 Å². The summed E-state index contributed by atoms with van der Waals surface area (Å²) >= 11 is 0. The van der Waals surface area contributed by atoms with Gasteiger partial charge in [0.1, 0.15) is 12.4 Å². The minimum atomic E-state index is -3.64. The Morgan fingerprint density at radius 3 is 2.11 bits per heavy atom. The number of nitrogens with zero attached hydrogens (tertiary/aromatic N) is 2. The van der Waals surface area contributed by atoms with Crippen LogP contribution in [0.2, 0.25) is 0 Å². The average Bonchev–Trinajstić information content (AvgIpc) is 3.13. The zero-order valence-corrected chi connectivity index (χ0v) is 28.5.